The van der Waals surface area contributed by atoms with E-state index in [0.29, 0.717) is 24.1 Å². The monoisotopic (exact) mass is 435 g/mol. The van der Waals surface area contributed by atoms with Gasteiger partial charge in [-0.15, -0.1) is 11.3 Å². The van der Waals surface area contributed by atoms with Gasteiger partial charge in [0, 0.05) is 34.9 Å². The van der Waals surface area contributed by atoms with Crippen molar-refractivity contribution < 1.29 is 19.1 Å². The van der Waals surface area contributed by atoms with Crippen molar-refractivity contribution >= 4 is 33.9 Å². The molecule has 31 heavy (non-hydrogen) atoms. The maximum Gasteiger partial charge on any atom is 0.337 e. The van der Waals surface area contributed by atoms with Gasteiger partial charge < -0.3 is 14.8 Å². The molecule has 7 nitrogen and oxygen atoms in total. The standard InChI is InChI=1S/C23H21N3O4S/c1-29-19-10-5-15(6-11-19)20-13-26-18(14-31-23(26)25-20)9-12-21(27)24-17-7-3-16(4-8-17)22(28)30-2/h3-8,10-11,13-14H,9,12H2,1-2H3,(H,24,27). The number of aryl methyl sites for hydroxylation is 1. The number of nitrogens with one attached hydrogen (secondary N) is 1. The first-order valence-electron chi connectivity index (χ1n) is 9.65. The predicted octanol–water partition coefficient (Wildman–Crippen LogP) is 4.43. The molecule has 1 N–H and O–H groups in total. The van der Waals surface area contributed by atoms with Crippen molar-refractivity contribution in [3.05, 3.63) is 71.4 Å². The van der Waals surface area contributed by atoms with Gasteiger partial charge in [0.15, 0.2) is 4.96 Å². The number of esters is 1. The number of carbonyl (C=O) groups excluding carboxylic acids is 2. The number of benzene rings is 2. The quantitative estimate of drug-likeness (QED) is 0.434. The number of carbonyl (C=O) groups is 2. The summed E-state index contributed by atoms with van der Waals surface area (Å²) in [7, 11) is 2.97. The van der Waals surface area contributed by atoms with E-state index in [1.165, 1.54) is 7.11 Å². The van der Waals surface area contributed by atoms with Crippen molar-refractivity contribution in [1.29, 1.82) is 0 Å². The van der Waals surface area contributed by atoms with Crippen molar-refractivity contribution in [3.8, 4) is 17.0 Å². The third-order valence-electron chi connectivity index (χ3n) is 4.87. The second-order valence-electron chi connectivity index (χ2n) is 6.85. The fourth-order valence-electron chi connectivity index (χ4n) is 3.18. The lowest BCUT2D eigenvalue weighted by atomic mass is 10.1. The van der Waals surface area contributed by atoms with Crippen molar-refractivity contribution in [2.24, 2.45) is 0 Å². The summed E-state index contributed by atoms with van der Waals surface area (Å²) >= 11 is 1.55. The van der Waals surface area contributed by atoms with Crippen LogP contribution in [0.1, 0.15) is 22.5 Å². The molecule has 0 saturated heterocycles. The normalized spacial score (nSPS) is 10.8. The summed E-state index contributed by atoms with van der Waals surface area (Å²) in [6.07, 6.45) is 2.91. The molecule has 2 aromatic carbocycles. The third kappa shape index (κ3) is 4.59. The second-order valence-corrected chi connectivity index (χ2v) is 7.69. The Bertz CT molecular complexity index is 1210. The van der Waals surface area contributed by atoms with Crippen molar-refractivity contribution in [1.82, 2.24) is 9.38 Å². The summed E-state index contributed by atoms with van der Waals surface area (Å²) in [6, 6.07) is 14.4. The number of amides is 1. The molecule has 0 fully saturated rings. The maximum atomic E-state index is 12.4. The third-order valence-corrected chi connectivity index (χ3v) is 5.76. The van der Waals surface area contributed by atoms with Gasteiger partial charge >= 0.3 is 5.97 Å². The molecule has 0 atom stereocenters. The molecule has 1 amide bonds. The molecule has 0 aliphatic heterocycles. The van der Waals surface area contributed by atoms with Crippen LogP contribution in [-0.4, -0.2) is 35.5 Å². The van der Waals surface area contributed by atoms with Gasteiger partial charge in [-0.05, 0) is 55.0 Å². The van der Waals surface area contributed by atoms with Gasteiger partial charge in [0.05, 0.1) is 25.5 Å². The van der Waals surface area contributed by atoms with E-state index in [1.807, 2.05) is 40.2 Å². The molecule has 0 spiro atoms. The summed E-state index contributed by atoms with van der Waals surface area (Å²) in [4.78, 5) is 29.4. The molecule has 0 aliphatic rings. The molecule has 4 rings (SSSR count). The lowest BCUT2D eigenvalue weighted by Crippen LogP contribution is -2.13. The van der Waals surface area contributed by atoms with Crippen molar-refractivity contribution in [3.63, 3.8) is 0 Å². The van der Waals surface area contributed by atoms with Crippen LogP contribution in [-0.2, 0) is 16.0 Å². The summed E-state index contributed by atoms with van der Waals surface area (Å²) < 4.78 is 11.9. The molecule has 2 heterocycles. The minimum atomic E-state index is -0.409. The van der Waals surface area contributed by atoms with Crippen LogP contribution in [0.4, 0.5) is 5.69 Å². The smallest absolute Gasteiger partial charge is 0.337 e. The molecular weight excluding hydrogens is 414 g/mol. The van der Waals surface area contributed by atoms with Crippen LogP contribution in [0.15, 0.2) is 60.1 Å². The van der Waals surface area contributed by atoms with E-state index < -0.39 is 5.97 Å². The van der Waals surface area contributed by atoms with E-state index in [-0.39, 0.29) is 5.91 Å². The zero-order valence-electron chi connectivity index (χ0n) is 17.1. The summed E-state index contributed by atoms with van der Waals surface area (Å²) in [5, 5.41) is 4.88. The fourth-order valence-corrected chi connectivity index (χ4v) is 4.09. The van der Waals surface area contributed by atoms with Crippen LogP contribution in [0.2, 0.25) is 0 Å². The lowest BCUT2D eigenvalue weighted by Gasteiger charge is -2.06. The minimum Gasteiger partial charge on any atom is -0.497 e. The number of thiazole rings is 1. The molecule has 0 aliphatic carbocycles. The van der Waals surface area contributed by atoms with E-state index in [1.54, 1.807) is 42.7 Å². The Morgan fingerprint density at radius 3 is 2.48 bits per heavy atom. The maximum absolute atomic E-state index is 12.4. The second kappa shape index (κ2) is 9.01. The van der Waals surface area contributed by atoms with Gasteiger partial charge in [-0.2, -0.15) is 0 Å². The number of fused-ring (bicyclic) bond motifs is 1. The Morgan fingerprint density at radius 2 is 1.81 bits per heavy atom. The average molecular weight is 436 g/mol. The van der Waals surface area contributed by atoms with Gasteiger partial charge in [-0.3, -0.25) is 9.20 Å². The van der Waals surface area contributed by atoms with Crippen LogP contribution in [0.25, 0.3) is 16.2 Å². The molecule has 0 radical (unpaired) electrons. The average Bonchev–Trinajstić information content (AvgIpc) is 3.39. The number of nitrogens with zero attached hydrogens (tertiary/aromatic N) is 2. The van der Waals surface area contributed by atoms with E-state index in [2.05, 4.69) is 15.0 Å². The van der Waals surface area contributed by atoms with Crippen LogP contribution in [0, 0.1) is 0 Å². The molecule has 0 unspecified atom stereocenters. The predicted molar refractivity (Wildman–Crippen MR) is 120 cm³/mol. The Morgan fingerprint density at radius 1 is 1.06 bits per heavy atom. The summed E-state index contributed by atoms with van der Waals surface area (Å²) in [5.74, 6) is 0.297. The number of hydrogen-bond donors (Lipinski definition) is 1. The van der Waals surface area contributed by atoms with Crippen LogP contribution in [0.5, 0.6) is 5.75 Å². The van der Waals surface area contributed by atoms with E-state index >= 15 is 0 Å². The molecule has 158 valence electrons. The topological polar surface area (TPSA) is 81.9 Å². The number of hydrogen-bond acceptors (Lipinski definition) is 6. The van der Waals surface area contributed by atoms with Gasteiger partial charge in [0.25, 0.3) is 0 Å². The minimum absolute atomic E-state index is 0.0966. The Balaban J connectivity index is 1.40. The van der Waals surface area contributed by atoms with Gasteiger partial charge in [-0.25, -0.2) is 9.78 Å². The zero-order chi connectivity index (χ0) is 21.8. The number of rotatable bonds is 7. The molecule has 4 aromatic rings. The first-order chi connectivity index (χ1) is 15.1. The fraction of sp³-hybridized carbons (Fsp3) is 0.174. The Labute approximate surface area is 183 Å². The molecule has 8 heteroatoms. The van der Waals surface area contributed by atoms with E-state index in [9.17, 15) is 9.59 Å². The molecule has 2 aromatic heterocycles. The van der Waals surface area contributed by atoms with Crippen LogP contribution in [0.3, 0.4) is 0 Å². The SMILES string of the molecule is COC(=O)c1ccc(NC(=O)CCc2csc3nc(-c4ccc(OC)cc4)cn23)cc1. The highest BCUT2D eigenvalue weighted by molar-refractivity contribution is 7.15. The van der Waals surface area contributed by atoms with E-state index in [0.717, 1.165) is 27.7 Å². The van der Waals surface area contributed by atoms with Crippen LogP contribution < -0.4 is 10.1 Å². The lowest BCUT2D eigenvalue weighted by molar-refractivity contribution is -0.116. The highest BCUT2D eigenvalue weighted by atomic mass is 32.1. The Kier molecular flexibility index (Phi) is 5.99. The highest BCUT2D eigenvalue weighted by Crippen LogP contribution is 2.26. The molecule has 0 saturated carbocycles. The van der Waals surface area contributed by atoms with Gasteiger partial charge in [0.2, 0.25) is 5.91 Å². The first-order valence-corrected chi connectivity index (χ1v) is 10.5. The number of aromatic nitrogens is 2. The van der Waals surface area contributed by atoms with Gasteiger partial charge in [0.1, 0.15) is 5.75 Å². The zero-order valence-corrected chi connectivity index (χ0v) is 17.9. The molecule has 0 bridgehead atoms. The van der Waals surface area contributed by atoms with Crippen molar-refractivity contribution in [2.45, 2.75) is 12.8 Å². The first kappa shape index (κ1) is 20.6. The van der Waals surface area contributed by atoms with Crippen LogP contribution >= 0.6 is 11.3 Å². The Hall–Kier alpha value is -3.65. The number of methoxy groups -OCH3 is 2. The summed E-state index contributed by atoms with van der Waals surface area (Å²) in [5.41, 5.74) is 4.00. The largest absolute Gasteiger partial charge is 0.497 e. The van der Waals surface area contributed by atoms with Gasteiger partial charge in [-0.1, -0.05) is 0 Å². The molecular formula is C23H21N3O4S. The summed E-state index contributed by atoms with van der Waals surface area (Å²) in [6.45, 7) is 0. The van der Waals surface area contributed by atoms with E-state index in [4.69, 9.17) is 4.74 Å². The highest BCUT2D eigenvalue weighted by Gasteiger charge is 2.12. The number of anilines is 1. The van der Waals surface area contributed by atoms with Crippen molar-refractivity contribution in [2.75, 3.05) is 19.5 Å². The number of imidazole rings is 1. The number of ether oxygens (including phenoxy) is 2.